The van der Waals surface area contributed by atoms with E-state index in [9.17, 15) is 0 Å². The average Bonchev–Trinajstić information content (AvgIpc) is 2.01. The Morgan fingerprint density at radius 3 is 1.69 bits per heavy atom. The maximum absolute atomic E-state index is 3.86. The fraction of sp³-hybridized carbons (Fsp3) is 0.308. The van der Waals surface area contributed by atoms with Crippen molar-refractivity contribution in [3.05, 3.63) is 54.6 Å². The molecule has 0 saturated heterocycles. The molecule has 0 heterocycles. The molecule has 0 aliphatic heterocycles. The Bertz CT molecular complexity index is 252. The predicted molar refractivity (Wildman–Crippen MR) is 72.1 cm³/mol. The third kappa shape index (κ3) is 10.3. The molecule has 0 bridgehead atoms. The molecule has 1 rings (SSSR count). The Morgan fingerprint density at radius 1 is 1.19 bits per heavy atom. The van der Waals surface area contributed by atoms with Crippen LogP contribution < -0.4 is 51.4 Å². The minimum atomic E-state index is 0. The fourth-order valence-corrected chi connectivity index (χ4v) is 1.26. The van der Waals surface area contributed by atoms with Crippen LogP contribution in [0.2, 0.25) is 0 Å². The zero-order chi connectivity index (χ0) is 10.4. The van der Waals surface area contributed by atoms with Crippen molar-refractivity contribution < 1.29 is 56.9 Å². The van der Waals surface area contributed by atoms with E-state index in [2.05, 4.69) is 55.8 Å². The van der Waals surface area contributed by atoms with Gasteiger partial charge in [-0.1, -0.05) is 47.8 Å². The number of benzene rings is 1. The normalized spacial score (nSPS) is 7.31. The van der Waals surface area contributed by atoms with Crippen LogP contribution in [0.1, 0.15) is 30.0 Å². The van der Waals surface area contributed by atoms with E-state index < -0.39 is 0 Å². The van der Waals surface area contributed by atoms with Gasteiger partial charge in [0.15, 0.2) is 0 Å². The van der Waals surface area contributed by atoms with E-state index in [1.807, 2.05) is 6.92 Å². The molecule has 16 heavy (non-hydrogen) atoms. The first-order valence-electron chi connectivity index (χ1n) is 4.40. The average molecular weight is 312 g/mol. The Kier molecular flexibility index (Phi) is 23.0. The predicted octanol–water partition coefficient (Wildman–Crippen LogP) is 1.76. The van der Waals surface area contributed by atoms with Crippen LogP contribution in [0.4, 0.5) is 0 Å². The van der Waals surface area contributed by atoms with Gasteiger partial charge in [0.25, 0.3) is 0 Å². The molecule has 0 radical (unpaired) electrons. The van der Waals surface area contributed by atoms with Crippen molar-refractivity contribution >= 4 is 15.9 Å². The quantitative estimate of drug-likeness (QED) is 0.530. The SMILES string of the molecule is [CH2-]CC.[CH2-]c1cc(C)c(Br)c(C)c1.[CH3-].[K+].[OH-]. The summed E-state index contributed by atoms with van der Waals surface area (Å²) >= 11 is 3.49. The molecular weight excluding hydrogens is 291 g/mol. The summed E-state index contributed by atoms with van der Waals surface area (Å²) in [6.45, 7) is 13.5. The van der Waals surface area contributed by atoms with Crippen molar-refractivity contribution in [2.24, 2.45) is 0 Å². The van der Waals surface area contributed by atoms with Gasteiger partial charge in [-0.15, -0.1) is 0 Å². The van der Waals surface area contributed by atoms with Crippen molar-refractivity contribution in [2.45, 2.75) is 27.2 Å². The van der Waals surface area contributed by atoms with E-state index in [0.29, 0.717) is 0 Å². The van der Waals surface area contributed by atoms with Crippen molar-refractivity contribution in [2.75, 3.05) is 0 Å². The molecule has 0 unspecified atom stereocenters. The minimum Gasteiger partial charge on any atom is -0.870 e. The summed E-state index contributed by atoms with van der Waals surface area (Å²) in [4.78, 5) is 0. The zero-order valence-electron chi connectivity index (χ0n) is 11.1. The van der Waals surface area contributed by atoms with Crippen LogP contribution in [0.15, 0.2) is 16.6 Å². The van der Waals surface area contributed by atoms with E-state index in [-0.39, 0.29) is 64.3 Å². The molecule has 0 spiro atoms. The van der Waals surface area contributed by atoms with E-state index in [0.717, 1.165) is 12.0 Å². The van der Waals surface area contributed by atoms with Gasteiger partial charge in [0, 0.05) is 0 Å². The van der Waals surface area contributed by atoms with Crippen LogP contribution in [0.25, 0.3) is 0 Å². The van der Waals surface area contributed by atoms with Crippen LogP contribution in [0.5, 0.6) is 0 Å². The van der Waals surface area contributed by atoms with Gasteiger partial charge in [-0.25, -0.2) is 0 Å². The van der Waals surface area contributed by atoms with E-state index in [1.54, 1.807) is 0 Å². The number of hydrogen-bond acceptors (Lipinski definition) is 1. The molecule has 0 aliphatic rings. The number of aryl methyl sites for hydroxylation is 2. The summed E-state index contributed by atoms with van der Waals surface area (Å²) in [5, 5.41) is 0. The van der Waals surface area contributed by atoms with Gasteiger partial charge >= 0.3 is 51.4 Å². The number of hydrogen-bond donors (Lipinski definition) is 0. The van der Waals surface area contributed by atoms with E-state index >= 15 is 0 Å². The molecule has 1 aromatic rings. The van der Waals surface area contributed by atoms with Gasteiger partial charge in [0.05, 0.1) is 0 Å². The van der Waals surface area contributed by atoms with Gasteiger partial charge in [-0.05, 0) is 4.47 Å². The third-order valence-electron chi connectivity index (χ3n) is 1.50. The van der Waals surface area contributed by atoms with Crippen molar-refractivity contribution in [3.8, 4) is 0 Å². The van der Waals surface area contributed by atoms with Gasteiger partial charge in [-0.2, -0.15) is 31.0 Å². The van der Waals surface area contributed by atoms with E-state index in [4.69, 9.17) is 0 Å². The summed E-state index contributed by atoms with van der Waals surface area (Å²) in [6, 6.07) is 4.13. The molecule has 0 fully saturated rings. The molecule has 0 atom stereocenters. The standard InChI is InChI=1S/C9H10Br.C3H7.CH3.K.H2O/c1-6-4-7(2)9(10)8(3)5-6;1-3-2;;;/h4-5H,1H2,2-3H3;1,3H2,2H3;1H3;;1H2/q3*-1;+1;/p-1. The van der Waals surface area contributed by atoms with Crippen LogP contribution in [-0.4, -0.2) is 5.48 Å². The van der Waals surface area contributed by atoms with Gasteiger partial charge < -0.3 is 19.8 Å². The molecule has 0 saturated carbocycles. The minimum absolute atomic E-state index is 0. The number of rotatable bonds is 0. The third-order valence-corrected chi connectivity index (χ3v) is 2.75. The maximum Gasteiger partial charge on any atom is 1.00 e. The second-order valence-electron chi connectivity index (χ2n) is 3.04. The molecule has 3 heteroatoms. The summed E-state index contributed by atoms with van der Waals surface area (Å²) < 4.78 is 1.19. The molecule has 90 valence electrons. The topological polar surface area (TPSA) is 30.0 Å². The molecule has 1 aromatic carbocycles. The van der Waals surface area contributed by atoms with Crippen LogP contribution in [-0.2, 0) is 0 Å². The van der Waals surface area contributed by atoms with Gasteiger partial charge in [0.1, 0.15) is 0 Å². The van der Waals surface area contributed by atoms with Crippen LogP contribution >= 0.6 is 15.9 Å². The Labute approximate surface area is 152 Å². The van der Waals surface area contributed by atoms with E-state index in [1.165, 1.54) is 15.6 Å². The van der Waals surface area contributed by atoms with Crippen molar-refractivity contribution in [1.82, 2.24) is 0 Å². The summed E-state index contributed by atoms with van der Waals surface area (Å²) in [5.41, 5.74) is 3.59. The zero-order valence-corrected chi connectivity index (χ0v) is 15.8. The van der Waals surface area contributed by atoms with Crippen LogP contribution in [0.3, 0.4) is 0 Å². The first-order valence-corrected chi connectivity index (χ1v) is 5.20. The number of halogens is 1. The molecule has 1 N–H and O–H groups in total. The van der Waals surface area contributed by atoms with Crippen molar-refractivity contribution in [3.63, 3.8) is 0 Å². The van der Waals surface area contributed by atoms with Crippen molar-refractivity contribution in [1.29, 1.82) is 0 Å². The van der Waals surface area contributed by atoms with Gasteiger partial charge in [-0.3, -0.25) is 0 Å². The van der Waals surface area contributed by atoms with Gasteiger partial charge in [0.2, 0.25) is 0 Å². The molecule has 0 aliphatic carbocycles. The summed E-state index contributed by atoms with van der Waals surface area (Å²) in [5.74, 6) is 0. The Hall–Kier alpha value is 1.17. The molecule has 0 amide bonds. The molecule has 1 nitrogen and oxygen atoms in total. The van der Waals surface area contributed by atoms with Crippen LogP contribution in [0, 0.1) is 35.1 Å². The summed E-state index contributed by atoms with van der Waals surface area (Å²) in [7, 11) is 0. The smallest absolute Gasteiger partial charge is 0.870 e. The maximum atomic E-state index is 3.86. The second kappa shape index (κ2) is 14.2. The molecule has 0 aromatic heterocycles. The molecular formula is C13H21BrKO-3. The second-order valence-corrected chi connectivity index (χ2v) is 3.84. The summed E-state index contributed by atoms with van der Waals surface area (Å²) in [6.07, 6.45) is 1.00. The Balaban J connectivity index is -0.000000109. The monoisotopic (exact) mass is 311 g/mol. The fourth-order valence-electron chi connectivity index (χ4n) is 1.04. The first kappa shape index (κ1) is 25.9. The first-order chi connectivity index (χ1) is 6.02. The Morgan fingerprint density at radius 2 is 1.44 bits per heavy atom. The largest absolute Gasteiger partial charge is 1.00 e.